The number of thioether (sulfide) groups is 1. The van der Waals surface area contributed by atoms with Gasteiger partial charge in [0.25, 0.3) is 0 Å². The fraction of sp³-hybridized carbons (Fsp3) is 0.611. The number of ether oxygens (including phenoxy) is 1. The summed E-state index contributed by atoms with van der Waals surface area (Å²) in [5.74, 6) is 3.09. The molecule has 1 saturated heterocycles. The van der Waals surface area contributed by atoms with Gasteiger partial charge in [0, 0.05) is 32.0 Å². The SMILES string of the molecule is CCNC(=NCc1cccc(S(=O)(=O)NCCOC)c1)NC1CCCSC1. The predicted octanol–water partition coefficient (Wildman–Crippen LogP) is 1.56. The molecule has 1 unspecified atom stereocenters. The molecule has 0 saturated carbocycles. The topological polar surface area (TPSA) is 91.8 Å². The largest absolute Gasteiger partial charge is 0.383 e. The second-order valence-corrected chi connectivity index (χ2v) is 9.21. The fourth-order valence-electron chi connectivity index (χ4n) is 2.71. The summed E-state index contributed by atoms with van der Waals surface area (Å²) in [6.45, 7) is 3.81. The van der Waals surface area contributed by atoms with E-state index in [4.69, 9.17) is 4.74 Å². The molecular formula is C18H30N4O3S2. The van der Waals surface area contributed by atoms with Crippen molar-refractivity contribution in [2.24, 2.45) is 4.99 Å². The first kappa shape index (κ1) is 22.0. The maximum absolute atomic E-state index is 12.3. The van der Waals surface area contributed by atoms with Gasteiger partial charge in [-0.25, -0.2) is 18.1 Å². The molecular weight excluding hydrogens is 384 g/mol. The molecule has 3 N–H and O–H groups in total. The van der Waals surface area contributed by atoms with E-state index >= 15 is 0 Å². The van der Waals surface area contributed by atoms with E-state index in [0.29, 0.717) is 19.2 Å². The van der Waals surface area contributed by atoms with E-state index in [1.165, 1.54) is 19.3 Å². The lowest BCUT2D eigenvalue weighted by Crippen LogP contribution is -2.45. The summed E-state index contributed by atoms with van der Waals surface area (Å²) < 4.78 is 32.1. The maximum Gasteiger partial charge on any atom is 0.240 e. The van der Waals surface area contributed by atoms with Gasteiger partial charge in [-0.2, -0.15) is 11.8 Å². The van der Waals surface area contributed by atoms with Crippen molar-refractivity contribution in [3.63, 3.8) is 0 Å². The zero-order chi connectivity index (χ0) is 19.5. The number of methoxy groups -OCH3 is 1. The quantitative estimate of drug-likeness (QED) is 0.323. The lowest BCUT2D eigenvalue weighted by molar-refractivity contribution is 0.204. The molecule has 2 rings (SSSR count). The average molecular weight is 415 g/mol. The van der Waals surface area contributed by atoms with Gasteiger partial charge in [-0.3, -0.25) is 0 Å². The van der Waals surface area contributed by atoms with Crippen LogP contribution in [-0.4, -0.2) is 58.7 Å². The molecule has 0 spiro atoms. The lowest BCUT2D eigenvalue weighted by atomic mass is 10.2. The van der Waals surface area contributed by atoms with Crippen LogP contribution in [0.25, 0.3) is 0 Å². The highest BCUT2D eigenvalue weighted by Gasteiger charge is 2.15. The number of hydrogen-bond donors (Lipinski definition) is 3. The smallest absolute Gasteiger partial charge is 0.240 e. The van der Waals surface area contributed by atoms with E-state index in [-0.39, 0.29) is 11.4 Å². The molecule has 7 nitrogen and oxygen atoms in total. The first-order chi connectivity index (χ1) is 13.0. The Morgan fingerprint density at radius 1 is 1.41 bits per heavy atom. The number of benzene rings is 1. The molecule has 152 valence electrons. The summed E-state index contributed by atoms with van der Waals surface area (Å²) in [5.41, 5.74) is 0.847. The number of nitrogens with zero attached hydrogens (tertiary/aromatic N) is 1. The molecule has 1 heterocycles. The second-order valence-electron chi connectivity index (χ2n) is 6.29. The molecule has 1 aliphatic rings. The molecule has 0 bridgehead atoms. The van der Waals surface area contributed by atoms with Crippen molar-refractivity contribution in [2.75, 3.05) is 38.3 Å². The Bertz CT molecular complexity index is 704. The standard InChI is InChI=1S/C18H30N4O3S2/c1-3-19-18(22-16-7-5-11-26-14-16)20-13-15-6-4-8-17(12-15)27(23,24)21-9-10-25-2/h4,6,8,12,16,21H,3,5,7,9-11,13-14H2,1-2H3,(H2,19,20,22). The zero-order valence-corrected chi connectivity index (χ0v) is 17.7. The molecule has 1 fully saturated rings. The summed E-state index contributed by atoms with van der Waals surface area (Å²) in [6, 6.07) is 7.31. The van der Waals surface area contributed by atoms with Gasteiger partial charge in [0.15, 0.2) is 5.96 Å². The first-order valence-electron chi connectivity index (χ1n) is 9.25. The van der Waals surface area contributed by atoms with E-state index in [9.17, 15) is 8.42 Å². The molecule has 0 aromatic heterocycles. The normalized spacial score (nSPS) is 18.3. The van der Waals surface area contributed by atoms with E-state index in [1.54, 1.807) is 18.2 Å². The number of sulfonamides is 1. The monoisotopic (exact) mass is 414 g/mol. The number of guanidine groups is 1. The first-order valence-corrected chi connectivity index (χ1v) is 11.9. The molecule has 0 aliphatic carbocycles. The Labute approximate surface area is 166 Å². The Balaban J connectivity index is 2.02. The van der Waals surface area contributed by atoms with Gasteiger partial charge in [0.05, 0.1) is 18.0 Å². The van der Waals surface area contributed by atoms with Crippen molar-refractivity contribution in [1.29, 1.82) is 0 Å². The van der Waals surface area contributed by atoms with Crippen molar-refractivity contribution in [2.45, 2.75) is 37.2 Å². The highest BCUT2D eigenvalue weighted by Crippen LogP contribution is 2.17. The summed E-state index contributed by atoms with van der Waals surface area (Å²) in [5, 5.41) is 6.74. The van der Waals surface area contributed by atoms with Crippen LogP contribution in [0.1, 0.15) is 25.3 Å². The van der Waals surface area contributed by atoms with Crippen LogP contribution in [0.3, 0.4) is 0 Å². The van der Waals surface area contributed by atoms with Crippen LogP contribution < -0.4 is 15.4 Å². The van der Waals surface area contributed by atoms with Gasteiger partial charge in [-0.15, -0.1) is 0 Å². The van der Waals surface area contributed by atoms with Gasteiger partial charge >= 0.3 is 0 Å². The van der Waals surface area contributed by atoms with Crippen molar-refractivity contribution in [3.05, 3.63) is 29.8 Å². The number of nitrogens with one attached hydrogen (secondary N) is 3. The van der Waals surface area contributed by atoms with Crippen LogP contribution >= 0.6 is 11.8 Å². The van der Waals surface area contributed by atoms with Crippen LogP contribution in [0.15, 0.2) is 34.2 Å². The molecule has 9 heteroatoms. The van der Waals surface area contributed by atoms with Gasteiger partial charge in [0.2, 0.25) is 10.0 Å². The van der Waals surface area contributed by atoms with E-state index in [2.05, 4.69) is 20.3 Å². The van der Waals surface area contributed by atoms with Gasteiger partial charge in [-0.05, 0) is 43.2 Å². The highest BCUT2D eigenvalue weighted by atomic mass is 32.2. The third-order valence-electron chi connectivity index (χ3n) is 4.07. The molecule has 1 aliphatic heterocycles. The lowest BCUT2D eigenvalue weighted by Gasteiger charge is -2.24. The Morgan fingerprint density at radius 3 is 2.96 bits per heavy atom. The van der Waals surface area contributed by atoms with Gasteiger partial charge < -0.3 is 15.4 Å². The summed E-state index contributed by atoms with van der Waals surface area (Å²) in [6.07, 6.45) is 2.37. The minimum absolute atomic E-state index is 0.243. The third-order valence-corrected chi connectivity index (χ3v) is 6.75. The van der Waals surface area contributed by atoms with Gasteiger partial charge in [-0.1, -0.05) is 12.1 Å². The summed E-state index contributed by atoms with van der Waals surface area (Å²) in [7, 11) is -2.00. The fourth-order valence-corrected chi connectivity index (χ4v) is 4.87. The summed E-state index contributed by atoms with van der Waals surface area (Å²) >= 11 is 1.96. The van der Waals surface area contributed by atoms with Gasteiger partial charge in [0.1, 0.15) is 0 Å². The maximum atomic E-state index is 12.3. The molecule has 0 amide bonds. The van der Waals surface area contributed by atoms with E-state index in [1.807, 2.05) is 24.8 Å². The molecule has 0 radical (unpaired) electrons. The molecule has 1 aromatic carbocycles. The van der Waals surface area contributed by atoms with Crippen molar-refractivity contribution in [1.82, 2.24) is 15.4 Å². The van der Waals surface area contributed by atoms with Crippen molar-refractivity contribution < 1.29 is 13.2 Å². The minimum Gasteiger partial charge on any atom is -0.383 e. The zero-order valence-electron chi connectivity index (χ0n) is 16.0. The summed E-state index contributed by atoms with van der Waals surface area (Å²) in [4.78, 5) is 4.87. The van der Waals surface area contributed by atoms with Crippen molar-refractivity contribution >= 4 is 27.7 Å². The predicted molar refractivity (Wildman–Crippen MR) is 112 cm³/mol. The minimum atomic E-state index is -3.54. The Kier molecular flexibility index (Phi) is 9.40. The Morgan fingerprint density at radius 2 is 2.26 bits per heavy atom. The average Bonchev–Trinajstić information content (AvgIpc) is 2.67. The second kappa shape index (κ2) is 11.5. The van der Waals surface area contributed by atoms with Crippen LogP contribution in [0.5, 0.6) is 0 Å². The third kappa shape index (κ3) is 7.69. The van der Waals surface area contributed by atoms with Crippen LogP contribution in [0, 0.1) is 0 Å². The molecule has 1 aromatic rings. The molecule has 27 heavy (non-hydrogen) atoms. The highest BCUT2D eigenvalue weighted by molar-refractivity contribution is 7.99. The number of aliphatic imine (C=N–C) groups is 1. The van der Waals surface area contributed by atoms with E-state index in [0.717, 1.165) is 30.2 Å². The van der Waals surface area contributed by atoms with Crippen LogP contribution in [0.4, 0.5) is 0 Å². The number of rotatable bonds is 9. The van der Waals surface area contributed by atoms with E-state index < -0.39 is 10.0 Å². The van der Waals surface area contributed by atoms with Crippen LogP contribution in [0.2, 0.25) is 0 Å². The molecule has 1 atom stereocenters. The van der Waals surface area contributed by atoms with Crippen molar-refractivity contribution in [3.8, 4) is 0 Å². The number of hydrogen-bond acceptors (Lipinski definition) is 5. The Hall–Kier alpha value is -1.29. The van der Waals surface area contributed by atoms with Crippen LogP contribution in [-0.2, 0) is 21.3 Å².